The maximum absolute atomic E-state index is 12.2. The first-order valence-electron chi connectivity index (χ1n) is 8.71. The summed E-state index contributed by atoms with van der Waals surface area (Å²) in [5.41, 5.74) is 4.44. The van der Waals surface area contributed by atoms with Gasteiger partial charge in [-0.25, -0.2) is 0 Å². The number of nitrogens with one attached hydrogen (secondary N) is 1. The molecule has 0 aromatic carbocycles. The Morgan fingerprint density at radius 2 is 2.09 bits per heavy atom. The summed E-state index contributed by atoms with van der Waals surface area (Å²) in [6.07, 6.45) is 8.24. The van der Waals surface area contributed by atoms with Crippen LogP contribution in [0.25, 0.3) is 0 Å². The molecule has 2 aliphatic rings. The summed E-state index contributed by atoms with van der Waals surface area (Å²) < 4.78 is 0. The topological polar surface area (TPSA) is 99.2 Å². The minimum absolute atomic E-state index is 0.0503. The van der Waals surface area contributed by atoms with E-state index in [1.54, 1.807) is 6.92 Å². The molecule has 2 atom stereocenters. The second-order valence-electron chi connectivity index (χ2n) is 7.08. The van der Waals surface area contributed by atoms with E-state index in [2.05, 4.69) is 11.4 Å². The largest absolute Gasteiger partial charge is 0.368 e. The number of nitrogens with zero attached hydrogens (tertiary/aromatic N) is 2. The van der Waals surface area contributed by atoms with E-state index in [1.165, 1.54) is 32.1 Å². The summed E-state index contributed by atoms with van der Waals surface area (Å²) in [6, 6.07) is 1.83. The van der Waals surface area contributed by atoms with Gasteiger partial charge in [0.25, 0.3) is 0 Å². The van der Waals surface area contributed by atoms with Crippen molar-refractivity contribution in [3.8, 4) is 6.07 Å². The van der Waals surface area contributed by atoms with E-state index in [0.717, 1.165) is 6.42 Å². The van der Waals surface area contributed by atoms with E-state index in [1.807, 2.05) is 4.90 Å². The molecule has 128 valence electrons. The van der Waals surface area contributed by atoms with Gasteiger partial charge >= 0.3 is 0 Å². The van der Waals surface area contributed by atoms with Crippen molar-refractivity contribution < 1.29 is 9.59 Å². The lowest BCUT2D eigenvalue weighted by atomic mass is 9.86. The van der Waals surface area contributed by atoms with Crippen molar-refractivity contribution in [1.29, 1.82) is 5.26 Å². The van der Waals surface area contributed by atoms with Crippen molar-refractivity contribution in [3.63, 3.8) is 0 Å². The fourth-order valence-electron chi connectivity index (χ4n) is 3.71. The molecule has 2 unspecified atom stereocenters. The molecule has 6 nitrogen and oxygen atoms in total. The van der Waals surface area contributed by atoms with Gasteiger partial charge in [-0.1, -0.05) is 32.1 Å². The van der Waals surface area contributed by atoms with Crippen LogP contribution in [0.3, 0.4) is 0 Å². The highest BCUT2D eigenvalue weighted by atomic mass is 16.2. The van der Waals surface area contributed by atoms with Crippen LogP contribution in [0, 0.1) is 17.2 Å². The number of amides is 2. The normalized spacial score (nSPS) is 27.3. The molecule has 3 N–H and O–H groups in total. The zero-order valence-electron chi connectivity index (χ0n) is 14.0. The number of rotatable bonds is 6. The SMILES string of the molecule is CC(C(N)=O)N1CCC(C#N)(NC(=O)CCC2CCCCC2)C1. The van der Waals surface area contributed by atoms with E-state index < -0.39 is 17.5 Å². The van der Waals surface area contributed by atoms with Gasteiger partial charge in [-0.05, 0) is 25.7 Å². The molecule has 2 amide bonds. The van der Waals surface area contributed by atoms with E-state index in [4.69, 9.17) is 5.73 Å². The summed E-state index contributed by atoms with van der Waals surface area (Å²) in [4.78, 5) is 25.4. The van der Waals surface area contributed by atoms with Gasteiger partial charge in [-0.15, -0.1) is 0 Å². The number of hydrogen-bond donors (Lipinski definition) is 2. The molecule has 1 heterocycles. The fourth-order valence-corrected chi connectivity index (χ4v) is 3.71. The van der Waals surface area contributed by atoms with Crippen LogP contribution in [0.2, 0.25) is 0 Å². The minimum atomic E-state index is -0.882. The molecule has 0 spiro atoms. The van der Waals surface area contributed by atoms with Gasteiger partial charge in [0.15, 0.2) is 0 Å². The molecule has 2 fully saturated rings. The Morgan fingerprint density at radius 3 is 2.70 bits per heavy atom. The quantitative estimate of drug-likeness (QED) is 0.770. The third kappa shape index (κ3) is 4.68. The molecule has 2 rings (SSSR count). The van der Waals surface area contributed by atoms with Gasteiger partial charge in [-0.2, -0.15) is 5.26 Å². The molecule has 1 aliphatic heterocycles. The fraction of sp³-hybridized carbons (Fsp3) is 0.824. The Labute approximate surface area is 138 Å². The summed E-state index contributed by atoms with van der Waals surface area (Å²) >= 11 is 0. The number of likely N-dealkylation sites (tertiary alicyclic amines) is 1. The van der Waals surface area contributed by atoms with Gasteiger partial charge in [0.2, 0.25) is 11.8 Å². The zero-order chi connectivity index (χ0) is 16.9. The predicted molar refractivity (Wildman–Crippen MR) is 87.1 cm³/mol. The maximum Gasteiger partial charge on any atom is 0.234 e. The Kier molecular flexibility index (Phi) is 6.00. The van der Waals surface area contributed by atoms with Crippen LogP contribution in [0.15, 0.2) is 0 Å². The lowest BCUT2D eigenvalue weighted by Gasteiger charge is -2.26. The molecule has 0 bridgehead atoms. The molecule has 1 saturated carbocycles. The first-order valence-corrected chi connectivity index (χ1v) is 8.71. The summed E-state index contributed by atoms with van der Waals surface area (Å²) in [7, 11) is 0. The van der Waals surface area contributed by atoms with Gasteiger partial charge in [0.05, 0.1) is 12.1 Å². The highest BCUT2D eigenvalue weighted by Crippen LogP contribution is 2.28. The summed E-state index contributed by atoms with van der Waals surface area (Å²) in [5, 5.41) is 12.4. The van der Waals surface area contributed by atoms with Crippen molar-refractivity contribution in [2.45, 2.75) is 69.9 Å². The second kappa shape index (κ2) is 7.78. The molecule has 0 aromatic heterocycles. The lowest BCUT2D eigenvalue weighted by molar-refractivity contribution is -0.122. The van der Waals surface area contributed by atoms with Gasteiger partial charge in [-0.3, -0.25) is 14.5 Å². The predicted octanol–water partition coefficient (Wildman–Crippen LogP) is 1.30. The first-order chi connectivity index (χ1) is 11.0. The Hall–Kier alpha value is -1.61. The Morgan fingerprint density at radius 1 is 1.39 bits per heavy atom. The van der Waals surface area contributed by atoms with Crippen LogP contribution in [-0.4, -0.2) is 41.4 Å². The van der Waals surface area contributed by atoms with Crippen molar-refractivity contribution in [2.24, 2.45) is 11.7 Å². The van der Waals surface area contributed by atoms with Gasteiger partial charge in [0, 0.05) is 19.5 Å². The number of primary amides is 1. The molecular formula is C17H28N4O2. The first kappa shape index (κ1) is 17.7. The summed E-state index contributed by atoms with van der Waals surface area (Å²) in [6.45, 7) is 2.70. The molecule has 6 heteroatoms. The highest BCUT2D eigenvalue weighted by Gasteiger charge is 2.42. The Balaban J connectivity index is 1.83. The molecule has 1 aliphatic carbocycles. The zero-order valence-corrected chi connectivity index (χ0v) is 14.0. The van der Waals surface area contributed by atoms with Crippen LogP contribution in [0.4, 0.5) is 0 Å². The van der Waals surface area contributed by atoms with Crippen LogP contribution in [0.1, 0.15) is 58.3 Å². The number of carbonyl (C=O) groups is 2. The van der Waals surface area contributed by atoms with Crippen LogP contribution in [-0.2, 0) is 9.59 Å². The van der Waals surface area contributed by atoms with Crippen molar-refractivity contribution in [3.05, 3.63) is 0 Å². The monoisotopic (exact) mass is 320 g/mol. The van der Waals surface area contributed by atoms with E-state index in [0.29, 0.717) is 31.8 Å². The van der Waals surface area contributed by atoms with Crippen LogP contribution in [0.5, 0.6) is 0 Å². The number of hydrogen-bond acceptors (Lipinski definition) is 4. The highest BCUT2D eigenvalue weighted by molar-refractivity contribution is 5.80. The number of nitriles is 1. The van der Waals surface area contributed by atoms with Crippen molar-refractivity contribution in [2.75, 3.05) is 13.1 Å². The molecule has 0 aromatic rings. The van der Waals surface area contributed by atoms with Crippen LogP contribution >= 0.6 is 0 Å². The molecule has 23 heavy (non-hydrogen) atoms. The second-order valence-corrected chi connectivity index (χ2v) is 7.08. The minimum Gasteiger partial charge on any atom is -0.368 e. The average molecular weight is 320 g/mol. The lowest BCUT2D eigenvalue weighted by Crippen LogP contribution is -2.51. The molecule has 0 radical (unpaired) electrons. The standard InChI is InChI=1S/C17H28N4O2/c1-13(16(19)23)21-10-9-17(11-18,12-21)20-15(22)8-7-14-5-3-2-4-6-14/h13-14H,2-10,12H2,1H3,(H2,19,23)(H,20,22). The average Bonchev–Trinajstić information content (AvgIpc) is 2.97. The van der Waals surface area contributed by atoms with E-state index >= 15 is 0 Å². The van der Waals surface area contributed by atoms with Gasteiger partial charge < -0.3 is 11.1 Å². The molecule has 1 saturated heterocycles. The maximum atomic E-state index is 12.2. The van der Waals surface area contributed by atoms with E-state index in [9.17, 15) is 14.9 Å². The molecular weight excluding hydrogens is 292 g/mol. The number of carbonyl (C=O) groups excluding carboxylic acids is 2. The summed E-state index contributed by atoms with van der Waals surface area (Å²) in [5.74, 6) is 0.204. The van der Waals surface area contributed by atoms with Crippen LogP contribution < -0.4 is 11.1 Å². The van der Waals surface area contributed by atoms with Crippen molar-refractivity contribution in [1.82, 2.24) is 10.2 Å². The van der Waals surface area contributed by atoms with Crippen molar-refractivity contribution >= 4 is 11.8 Å². The third-order valence-electron chi connectivity index (χ3n) is 5.36. The third-order valence-corrected chi connectivity index (χ3v) is 5.36. The Bertz CT molecular complexity index is 481. The van der Waals surface area contributed by atoms with E-state index in [-0.39, 0.29) is 5.91 Å². The smallest absolute Gasteiger partial charge is 0.234 e. The van der Waals surface area contributed by atoms with Gasteiger partial charge in [0.1, 0.15) is 5.54 Å². The number of nitrogens with two attached hydrogens (primary N) is 1.